The first-order chi connectivity index (χ1) is 7.39. The lowest BCUT2D eigenvalue weighted by Gasteiger charge is -2.41. The van der Waals surface area contributed by atoms with Gasteiger partial charge in [-0.05, 0) is 26.3 Å². The Kier molecular flexibility index (Phi) is 2.96. The van der Waals surface area contributed by atoms with Crippen LogP contribution in [0.15, 0.2) is 0 Å². The molecule has 0 radical (unpaired) electrons. The number of carbonyl (C=O) groups is 1. The number of aliphatic carboxylic acids is 1. The number of carboxylic acids is 1. The van der Waals surface area contributed by atoms with Gasteiger partial charge in [-0.15, -0.1) is 0 Å². The predicted molar refractivity (Wildman–Crippen MR) is 59.0 cm³/mol. The zero-order valence-electron chi connectivity index (χ0n) is 9.30. The van der Waals surface area contributed by atoms with Crippen LogP contribution in [0, 0.1) is 5.92 Å². The molecule has 2 aliphatic rings. The van der Waals surface area contributed by atoms with Crippen LogP contribution in [0.25, 0.3) is 0 Å². The first kappa shape index (κ1) is 11.9. The molecule has 5 nitrogen and oxygen atoms in total. The molecular formula is C10H17NO4S. The molecule has 1 aliphatic carbocycles. The van der Waals surface area contributed by atoms with Gasteiger partial charge in [-0.3, -0.25) is 9.69 Å². The highest BCUT2D eigenvalue weighted by atomic mass is 32.2. The lowest BCUT2D eigenvalue weighted by molar-refractivity contribution is -0.147. The Labute approximate surface area is 95.4 Å². The molecule has 1 unspecified atom stereocenters. The van der Waals surface area contributed by atoms with Gasteiger partial charge in [-0.1, -0.05) is 0 Å². The topological polar surface area (TPSA) is 74.7 Å². The normalized spacial score (nSPS) is 37.2. The zero-order chi connectivity index (χ0) is 11.9. The SMILES string of the molecule is CN(C1CC(C(=O)O)C1)C1CCS(=O)(=O)C1. The highest BCUT2D eigenvalue weighted by Gasteiger charge is 2.41. The summed E-state index contributed by atoms with van der Waals surface area (Å²) in [4.78, 5) is 12.7. The van der Waals surface area contributed by atoms with Crippen molar-refractivity contribution in [3.63, 3.8) is 0 Å². The molecule has 2 fully saturated rings. The van der Waals surface area contributed by atoms with E-state index < -0.39 is 15.8 Å². The Morgan fingerprint density at radius 2 is 1.94 bits per heavy atom. The molecule has 0 aromatic carbocycles. The molecule has 1 aliphatic heterocycles. The lowest BCUT2D eigenvalue weighted by Crippen LogP contribution is -2.49. The van der Waals surface area contributed by atoms with E-state index >= 15 is 0 Å². The molecule has 0 amide bonds. The molecule has 0 aromatic heterocycles. The maximum atomic E-state index is 11.3. The molecule has 1 N–H and O–H groups in total. The fourth-order valence-corrected chi connectivity index (χ4v) is 4.30. The molecular weight excluding hydrogens is 230 g/mol. The van der Waals surface area contributed by atoms with Crippen molar-refractivity contribution in [2.75, 3.05) is 18.6 Å². The van der Waals surface area contributed by atoms with Crippen molar-refractivity contribution < 1.29 is 18.3 Å². The van der Waals surface area contributed by atoms with Crippen LogP contribution in [0.3, 0.4) is 0 Å². The standard InChI is InChI=1S/C10H17NO4S/c1-11(8-2-3-16(14,15)6-8)9-4-7(5-9)10(12)13/h7-9H,2-6H2,1H3,(H,12,13). The number of hydrogen-bond donors (Lipinski definition) is 1. The van der Waals surface area contributed by atoms with Crippen LogP contribution < -0.4 is 0 Å². The van der Waals surface area contributed by atoms with Gasteiger partial charge in [0.05, 0.1) is 17.4 Å². The molecule has 6 heteroatoms. The quantitative estimate of drug-likeness (QED) is 0.758. The Morgan fingerprint density at radius 3 is 2.38 bits per heavy atom. The van der Waals surface area contributed by atoms with Gasteiger partial charge in [0.1, 0.15) is 0 Å². The van der Waals surface area contributed by atoms with E-state index in [0.717, 1.165) is 0 Å². The second kappa shape index (κ2) is 4.00. The monoisotopic (exact) mass is 247 g/mol. The highest BCUT2D eigenvalue weighted by molar-refractivity contribution is 7.91. The average molecular weight is 247 g/mol. The second-order valence-corrected chi connectivity index (χ2v) is 7.11. The number of hydrogen-bond acceptors (Lipinski definition) is 4. The first-order valence-corrected chi connectivity index (χ1v) is 7.36. The minimum Gasteiger partial charge on any atom is -0.481 e. The van der Waals surface area contributed by atoms with E-state index in [1.54, 1.807) is 0 Å². The van der Waals surface area contributed by atoms with Crippen molar-refractivity contribution >= 4 is 15.8 Å². The Morgan fingerprint density at radius 1 is 1.31 bits per heavy atom. The number of nitrogens with zero attached hydrogens (tertiary/aromatic N) is 1. The largest absolute Gasteiger partial charge is 0.481 e. The summed E-state index contributed by atoms with van der Waals surface area (Å²) in [6.07, 6.45) is 2.00. The number of carboxylic acid groups (broad SMARTS) is 1. The van der Waals surface area contributed by atoms with E-state index in [1.807, 2.05) is 7.05 Å². The van der Waals surface area contributed by atoms with Crippen molar-refractivity contribution in [2.45, 2.75) is 31.3 Å². The molecule has 0 bridgehead atoms. The minimum atomic E-state index is -2.85. The third-order valence-corrected chi connectivity index (χ3v) is 5.57. The predicted octanol–water partition coefficient (Wildman–Crippen LogP) is -0.0315. The van der Waals surface area contributed by atoms with Crippen LogP contribution in [-0.4, -0.2) is 55.0 Å². The summed E-state index contributed by atoms with van der Waals surface area (Å²) >= 11 is 0. The van der Waals surface area contributed by atoms with Crippen LogP contribution in [0.5, 0.6) is 0 Å². The first-order valence-electron chi connectivity index (χ1n) is 5.54. The van der Waals surface area contributed by atoms with Crippen LogP contribution in [0.4, 0.5) is 0 Å². The molecule has 2 rings (SSSR count). The zero-order valence-corrected chi connectivity index (χ0v) is 10.1. The minimum absolute atomic E-state index is 0.0877. The summed E-state index contributed by atoms with van der Waals surface area (Å²) < 4.78 is 22.7. The van der Waals surface area contributed by atoms with Crippen LogP contribution in [0.1, 0.15) is 19.3 Å². The van der Waals surface area contributed by atoms with E-state index in [9.17, 15) is 13.2 Å². The summed E-state index contributed by atoms with van der Waals surface area (Å²) in [7, 11) is -0.935. The Hall–Kier alpha value is -0.620. The van der Waals surface area contributed by atoms with Crippen molar-refractivity contribution in [3.05, 3.63) is 0 Å². The molecule has 92 valence electrons. The summed E-state index contributed by atoms with van der Waals surface area (Å²) in [6, 6.07) is 0.337. The Balaban J connectivity index is 1.87. The molecule has 0 spiro atoms. The Bertz CT molecular complexity index is 386. The molecule has 1 saturated carbocycles. The molecule has 0 aromatic rings. The van der Waals surface area contributed by atoms with Crippen molar-refractivity contribution in [3.8, 4) is 0 Å². The summed E-state index contributed by atoms with van der Waals surface area (Å²) in [5.74, 6) is -0.455. The van der Waals surface area contributed by atoms with E-state index in [4.69, 9.17) is 5.11 Å². The summed E-state index contributed by atoms with van der Waals surface area (Å²) in [5, 5.41) is 8.77. The van der Waals surface area contributed by atoms with E-state index in [2.05, 4.69) is 4.90 Å². The fourth-order valence-electron chi connectivity index (χ4n) is 2.52. The van der Waals surface area contributed by atoms with Gasteiger partial charge < -0.3 is 5.11 Å². The average Bonchev–Trinajstić information content (AvgIpc) is 2.42. The molecule has 1 saturated heterocycles. The maximum Gasteiger partial charge on any atom is 0.306 e. The summed E-state index contributed by atoms with van der Waals surface area (Å²) in [6.45, 7) is 0. The van der Waals surface area contributed by atoms with Gasteiger partial charge in [0.2, 0.25) is 0 Å². The molecule has 1 atom stereocenters. The maximum absolute atomic E-state index is 11.3. The number of sulfone groups is 1. The third-order valence-electron chi connectivity index (χ3n) is 3.82. The molecule has 16 heavy (non-hydrogen) atoms. The van der Waals surface area contributed by atoms with E-state index in [-0.39, 0.29) is 29.5 Å². The van der Waals surface area contributed by atoms with Gasteiger partial charge in [-0.2, -0.15) is 0 Å². The second-order valence-electron chi connectivity index (χ2n) is 4.88. The third kappa shape index (κ3) is 2.22. The van der Waals surface area contributed by atoms with Gasteiger partial charge >= 0.3 is 5.97 Å². The molecule has 1 heterocycles. The lowest BCUT2D eigenvalue weighted by atomic mass is 9.79. The van der Waals surface area contributed by atoms with Crippen molar-refractivity contribution in [2.24, 2.45) is 5.92 Å². The van der Waals surface area contributed by atoms with Gasteiger partial charge in [-0.25, -0.2) is 8.42 Å². The van der Waals surface area contributed by atoms with Gasteiger partial charge in [0.15, 0.2) is 9.84 Å². The fraction of sp³-hybridized carbons (Fsp3) is 0.900. The van der Waals surface area contributed by atoms with Crippen molar-refractivity contribution in [1.29, 1.82) is 0 Å². The van der Waals surface area contributed by atoms with Crippen molar-refractivity contribution in [1.82, 2.24) is 4.90 Å². The van der Waals surface area contributed by atoms with E-state index in [1.165, 1.54) is 0 Å². The van der Waals surface area contributed by atoms with Crippen LogP contribution in [-0.2, 0) is 14.6 Å². The van der Waals surface area contributed by atoms with E-state index in [0.29, 0.717) is 19.3 Å². The van der Waals surface area contributed by atoms with Crippen LogP contribution >= 0.6 is 0 Å². The van der Waals surface area contributed by atoms with Crippen LogP contribution in [0.2, 0.25) is 0 Å². The number of rotatable bonds is 3. The highest BCUT2D eigenvalue weighted by Crippen LogP contribution is 2.33. The van der Waals surface area contributed by atoms with Gasteiger partial charge in [0, 0.05) is 12.1 Å². The summed E-state index contributed by atoms with van der Waals surface area (Å²) in [5.41, 5.74) is 0. The van der Waals surface area contributed by atoms with Gasteiger partial charge in [0.25, 0.3) is 0 Å². The smallest absolute Gasteiger partial charge is 0.306 e.